The summed E-state index contributed by atoms with van der Waals surface area (Å²) < 4.78 is 5.61. The van der Waals surface area contributed by atoms with Gasteiger partial charge in [-0.25, -0.2) is 0 Å². The Labute approximate surface area is 166 Å². The van der Waals surface area contributed by atoms with Crippen LogP contribution in [0.5, 0.6) is 5.75 Å². The Balaban J connectivity index is 1.11. The number of rotatable bonds is 5. The number of amides is 1. The summed E-state index contributed by atoms with van der Waals surface area (Å²) in [6.07, 6.45) is 7.91. The molecule has 5 rings (SSSR count). The maximum absolute atomic E-state index is 12.6. The summed E-state index contributed by atoms with van der Waals surface area (Å²) in [5.74, 6) is 1.47. The Morgan fingerprint density at radius 2 is 2.14 bits per heavy atom. The lowest BCUT2D eigenvalue weighted by Crippen LogP contribution is -2.36. The number of benzene rings is 1. The highest BCUT2D eigenvalue weighted by molar-refractivity contribution is 5.82. The molecule has 28 heavy (non-hydrogen) atoms. The first-order chi connectivity index (χ1) is 13.7. The van der Waals surface area contributed by atoms with Gasteiger partial charge in [-0.15, -0.1) is 0 Å². The first-order valence-electron chi connectivity index (χ1n) is 10.4. The number of aromatic nitrogens is 1. The van der Waals surface area contributed by atoms with Gasteiger partial charge in [0.25, 0.3) is 0 Å². The molecule has 146 valence electrons. The second-order valence-corrected chi connectivity index (χ2v) is 8.51. The number of hydrogen-bond acceptors (Lipinski definition) is 4. The molecule has 3 heterocycles. The number of nitrogens with zero attached hydrogens (tertiary/aromatic N) is 2. The molecule has 1 aromatic heterocycles. The molecule has 2 aliphatic heterocycles. The van der Waals surface area contributed by atoms with Gasteiger partial charge in [0.2, 0.25) is 5.91 Å². The molecule has 1 saturated heterocycles. The zero-order valence-electron chi connectivity index (χ0n) is 16.2. The van der Waals surface area contributed by atoms with Crippen LogP contribution < -0.4 is 10.1 Å². The predicted octanol–water partition coefficient (Wildman–Crippen LogP) is 2.94. The van der Waals surface area contributed by atoms with E-state index >= 15 is 0 Å². The number of likely N-dealkylation sites (tertiary alicyclic amines) is 1. The second kappa shape index (κ2) is 7.21. The molecule has 5 heteroatoms. The predicted molar refractivity (Wildman–Crippen MR) is 107 cm³/mol. The summed E-state index contributed by atoms with van der Waals surface area (Å²) in [4.78, 5) is 19.2. The lowest BCUT2D eigenvalue weighted by molar-refractivity contribution is -0.123. The molecule has 1 saturated carbocycles. The minimum absolute atomic E-state index is 0.198. The van der Waals surface area contributed by atoms with Crippen molar-refractivity contribution in [2.24, 2.45) is 11.3 Å². The van der Waals surface area contributed by atoms with Gasteiger partial charge in [-0.05, 0) is 66.6 Å². The van der Waals surface area contributed by atoms with Crippen LogP contribution in [0.4, 0.5) is 0 Å². The van der Waals surface area contributed by atoms with E-state index in [1.165, 1.54) is 11.1 Å². The molecule has 1 unspecified atom stereocenters. The summed E-state index contributed by atoms with van der Waals surface area (Å²) in [5.41, 5.74) is 4.03. The number of ether oxygens (including phenoxy) is 1. The number of carbonyl (C=O) groups is 1. The van der Waals surface area contributed by atoms with Crippen molar-refractivity contribution in [1.29, 1.82) is 0 Å². The quantitative estimate of drug-likeness (QED) is 0.871. The van der Waals surface area contributed by atoms with Crippen molar-refractivity contribution in [3.63, 3.8) is 0 Å². The van der Waals surface area contributed by atoms with Gasteiger partial charge in [0, 0.05) is 37.8 Å². The van der Waals surface area contributed by atoms with Crippen LogP contribution in [-0.2, 0) is 24.3 Å². The number of fused-ring (bicyclic) bond motifs is 1. The van der Waals surface area contributed by atoms with Crippen LogP contribution >= 0.6 is 0 Å². The molecule has 1 aliphatic carbocycles. The molecular formula is C23H27N3O2. The summed E-state index contributed by atoms with van der Waals surface area (Å²) in [5, 5.41) is 3.10. The molecule has 5 nitrogen and oxygen atoms in total. The number of nitrogens with one attached hydrogen (secondary N) is 1. The van der Waals surface area contributed by atoms with Crippen LogP contribution in [0, 0.1) is 11.3 Å². The fourth-order valence-corrected chi connectivity index (χ4v) is 4.84. The van der Waals surface area contributed by atoms with Crippen molar-refractivity contribution in [2.45, 2.75) is 38.8 Å². The molecule has 3 aliphatic rings. The number of carbonyl (C=O) groups excluding carboxylic acids is 1. The molecule has 1 aromatic carbocycles. The fourth-order valence-electron chi connectivity index (χ4n) is 4.84. The highest BCUT2D eigenvalue weighted by Crippen LogP contribution is 2.59. The van der Waals surface area contributed by atoms with Gasteiger partial charge in [0.1, 0.15) is 5.75 Å². The summed E-state index contributed by atoms with van der Waals surface area (Å²) in [6, 6.07) is 10.5. The standard InChI is InChI=1S/C23H27N3O2/c27-22(25-15-18-2-1-8-24-14-18)20-13-23(20)6-9-26(10-7-23)16-17-3-4-21-19(12-17)5-11-28-21/h1-4,8,12,14,20H,5-7,9-11,13,15-16H2,(H,25,27). The molecular weight excluding hydrogens is 350 g/mol. The van der Waals surface area contributed by atoms with E-state index in [1.807, 2.05) is 18.3 Å². The van der Waals surface area contributed by atoms with E-state index in [-0.39, 0.29) is 17.2 Å². The van der Waals surface area contributed by atoms with Gasteiger partial charge in [-0.3, -0.25) is 14.7 Å². The average molecular weight is 377 g/mol. The SMILES string of the molecule is O=C(NCc1cccnc1)C1CC12CCN(Cc1ccc3c(c1)CCO3)CC2. The van der Waals surface area contributed by atoms with Gasteiger partial charge < -0.3 is 10.1 Å². The summed E-state index contributed by atoms with van der Waals surface area (Å²) in [6.45, 7) is 4.56. The Bertz CT molecular complexity index is 859. The van der Waals surface area contributed by atoms with Crippen LogP contribution in [-0.4, -0.2) is 35.5 Å². The minimum Gasteiger partial charge on any atom is -0.493 e. The van der Waals surface area contributed by atoms with Gasteiger partial charge >= 0.3 is 0 Å². The Kier molecular flexibility index (Phi) is 4.55. The average Bonchev–Trinajstić information content (AvgIpc) is 3.22. The Morgan fingerprint density at radius 3 is 2.96 bits per heavy atom. The van der Waals surface area contributed by atoms with E-state index in [0.29, 0.717) is 6.54 Å². The van der Waals surface area contributed by atoms with Gasteiger partial charge in [0.05, 0.1) is 6.61 Å². The van der Waals surface area contributed by atoms with Crippen LogP contribution in [0.1, 0.15) is 36.0 Å². The van der Waals surface area contributed by atoms with E-state index in [0.717, 1.165) is 63.2 Å². The van der Waals surface area contributed by atoms with Crippen LogP contribution in [0.25, 0.3) is 0 Å². The van der Waals surface area contributed by atoms with Crippen molar-refractivity contribution in [1.82, 2.24) is 15.2 Å². The lowest BCUT2D eigenvalue weighted by atomic mass is 9.90. The highest BCUT2D eigenvalue weighted by atomic mass is 16.5. The molecule has 1 atom stereocenters. The lowest BCUT2D eigenvalue weighted by Gasteiger charge is -2.33. The highest BCUT2D eigenvalue weighted by Gasteiger charge is 2.58. The smallest absolute Gasteiger partial charge is 0.223 e. The maximum atomic E-state index is 12.6. The molecule has 0 radical (unpaired) electrons. The van der Waals surface area contributed by atoms with Crippen molar-refractivity contribution in [3.8, 4) is 5.75 Å². The third-order valence-electron chi connectivity index (χ3n) is 6.71. The first kappa shape index (κ1) is 17.7. The normalized spacial score (nSPS) is 22.5. The molecule has 1 spiro atoms. The number of hydrogen-bond donors (Lipinski definition) is 1. The van der Waals surface area contributed by atoms with Gasteiger partial charge in [0.15, 0.2) is 0 Å². The van der Waals surface area contributed by atoms with E-state index in [1.54, 1.807) is 6.20 Å². The summed E-state index contributed by atoms with van der Waals surface area (Å²) >= 11 is 0. The van der Waals surface area contributed by atoms with Crippen molar-refractivity contribution < 1.29 is 9.53 Å². The van der Waals surface area contributed by atoms with Crippen LogP contribution in [0.3, 0.4) is 0 Å². The third kappa shape index (κ3) is 3.51. The number of piperidine rings is 1. The molecule has 2 aromatic rings. The molecule has 0 bridgehead atoms. The first-order valence-corrected chi connectivity index (χ1v) is 10.4. The van der Waals surface area contributed by atoms with Gasteiger partial charge in [-0.2, -0.15) is 0 Å². The van der Waals surface area contributed by atoms with E-state index in [2.05, 4.69) is 33.4 Å². The van der Waals surface area contributed by atoms with Crippen molar-refractivity contribution >= 4 is 5.91 Å². The van der Waals surface area contributed by atoms with Crippen molar-refractivity contribution in [2.75, 3.05) is 19.7 Å². The molecule has 2 fully saturated rings. The zero-order valence-corrected chi connectivity index (χ0v) is 16.2. The van der Waals surface area contributed by atoms with E-state index in [4.69, 9.17) is 4.74 Å². The Hall–Kier alpha value is -2.40. The largest absolute Gasteiger partial charge is 0.493 e. The fraction of sp³-hybridized carbons (Fsp3) is 0.478. The number of pyridine rings is 1. The van der Waals surface area contributed by atoms with Gasteiger partial charge in [-0.1, -0.05) is 18.2 Å². The maximum Gasteiger partial charge on any atom is 0.223 e. The third-order valence-corrected chi connectivity index (χ3v) is 6.71. The molecule has 1 N–H and O–H groups in total. The second-order valence-electron chi connectivity index (χ2n) is 8.51. The van der Waals surface area contributed by atoms with E-state index in [9.17, 15) is 4.79 Å². The molecule has 1 amide bonds. The summed E-state index contributed by atoms with van der Waals surface area (Å²) in [7, 11) is 0. The Morgan fingerprint density at radius 1 is 1.25 bits per heavy atom. The van der Waals surface area contributed by atoms with Crippen molar-refractivity contribution in [3.05, 3.63) is 59.4 Å². The van der Waals surface area contributed by atoms with Crippen LogP contribution in [0.15, 0.2) is 42.7 Å². The monoisotopic (exact) mass is 377 g/mol. The minimum atomic E-state index is 0.198. The van der Waals surface area contributed by atoms with Crippen LogP contribution in [0.2, 0.25) is 0 Å². The van der Waals surface area contributed by atoms with E-state index < -0.39 is 0 Å². The topological polar surface area (TPSA) is 54.5 Å². The zero-order chi connectivity index (χ0) is 19.0.